The van der Waals surface area contributed by atoms with Crippen molar-refractivity contribution in [2.45, 2.75) is 82.2 Å². The molecule has 4 atom stereocenters. The number of nitrogens with one attached hydrogen (secondary N) is 4. The Kier molecular flexibility index (Phi) is 10.2. The summed E-state index contributed by atoms with van der Waals surface area (Å²) in [6.45, 7) is 5.66. The minimum atomic E-state index is -5.03. The van der Waals surface area contributed by atoms with Gasteiger partial charge >= 0.3 is 16.4 Å². The topological polar surface area (TPSA) is 268 Å². The molecule has 4 heterocycles. The Labute approximate surface area is 285 Å². The number of nitrogens with zero attached hydrogens (tertiary/aromatic N) is 3. The van der Waals surface area contributed by atoms with E-state index in [0.717, 1.165) is 42.7 Å². The van der Waals surface area contributed by atoms with Crippen LogP contribution in [0.2, 0.25) is 0 Å². The van der Waals surface area contributed by atoms with Gasteiger partial charge in [0.1, 0.15) is 23.3 Å². The number of rotatable bonds is 13. The normalized spacial score (nSPS) is 23.0. The first-order valence-corrected chi connectivity index (χ1v) is 17.6. The summed E-state index contributed by atoms with van der Waals surface area (Å²) in [6.07, 6.45) is 2.73. The van der Waals surface area contributed by atoms with Crippen LogP contribution in [0.25, 0.3) is 0 Å². The van der Waals surface area contributed by atoms with Crippen molar-refractivity contribution >= 4 is 56.2 Å². The fraction of sp³-hybridized carbons (Fsp3) is 0.517. The van der Waals surface area contributed by atoms with Gasteiger partial charge in [-0.2, -0.15) is 13.5 Å². The van der Waals surface area contributed by atoms with Crippen LogP contribution in [0.3, 0.4) is 0 Å². The van der Waals surface area contributed by atoms with E-state index in [2.05, 4.69) is 30.4 Å². The second kappa shape index (κ2) is 13.9. The third kappa shape index (κ3) is 7.77. The van der Waals surface area contributed by atoms with Gasteiger partial charge in [0.25, 0.3) is 17.4 Å². The Bertz CT molecular complexity index is 1780. The number of carboxylic acid groups (broad SMARTS) is 1. The molecular formula is C29H38N8O10S2. The zero-order valence-corrected chi connectivity index (χ0v) is 28.5. The molecule has 18 nitrogen and oxygen atoms in total. The Hall–Kier alpha value is -4.37. The predicted molar refractivity (Wildman–Crippen MR) is 175 cm³/mol. The number of amides is 2. The summed E-state index contributed by atoms with van der Waals surface area (Å²) in [4.78, 5) is 48.3. The van der Waals surface area contributed by atoms with Gasteiger partial charge in [-0.3, -0.25) is 19.6 Å². The molecule has 0 saturated carbocycles. The maximum Gasteiger partial charge on any atom is 0.418 e. The largest absolute Gasteiger partial charge is 0.485 e. The molecule has 0 radical (unpaired) electrons. The second-order valence-corrected chi connectivity index (χ2v) is 14.5. The molecule has 0 bridgehead atoms. The Morgan fingerprint density at radius 2 is 2.10 bits per heavy atom. The zero-order chi connectivity index (χ0) is 35.7. The number of carbonyl (C=O) groups excluding carboxylic acids is 2. The number of hydroxylamine groups is 2. The lowest BCUT2D eigenvalue weighted by molar-refractivity contribution is -0.218. The summed E-state index contributed by atoms with van der Waals surface area (Å²) in [5.41, 5.74) is 3.06. The number of anilines is 1. The van der Waals surface area contributed by atoms with Gasteiger partial charge in [0.15, 0.2) is 16.9 Å². The van der Waals surface area contributed by atoms with E-state index in [4.69, 9.17) is 25.3 Å². The van der Waals surface area contributed by atoms with E-state index in [1.54, 1.807) is 12.1 Å². The Morgan fingerprint density at radius 3 is 2.71 bits per heavy atom. The average molecular weight is 723 g/mol. The Balaban J connectivity index is 1.30. The zero-order valence-electron chi connectivity index (χ0n) is 26.9. The van der Waals surface area contributed by atoms with Crippen LogP contribution in [0, 0.1) is 5.41 Å². The van der Waals surface area contributed by atoms with Crippen LogP contribution in [0.4, 0.5) is 5.13 Å². The summed E-state index contributed by atoms with van der Waals surface area (Å²) >= 11 is 0.966. The minimum absolute atomic E-state index is 0.0602. The van der Waals surface area contributed by atoms with Crippen molar-refractivity contribution in [3.8, 4) is 5.75 Å². The van der Waals surface area contributed by atoms with Crippen molar-refractivity contribution in [2.75, 3.05) is 18.8 Å². The molecule has 3 aliphatic rings. The van der Waals surface area contributed by atoms with Crippen LogP contribution in [-0.4, -0.2) is 99.9 Å². The summed E-state index contributed by atoms with van der Waals surface area (Å²) in [6, 6.07) is 4.32. The van der Waals surface area contributed by atoms with Crippen LogP contribution < -0.4 is 26.4 Å². The van der Waals surface area contributed by atoms with Crippen molar-refractivity contribution in [1.29, 1.82) is 5.41 Å². The van der Waals surface area contributed by atoms with Crippen molar-refractivity contribution < 1.29 is 46.3 Å². The average Bonchev–Trinajstić information content (AvgIpc) is 3.73. The lowest BCUT2D eigenvalue weighted by Crippen LogP contribution is -2.76. The number of benzene rings is 1. The van der Waals surface area contributed by atoms with Gasteiger partial charge in [0, 0.05) is 23.5 Å². The molecule has 5 rings (SSSR count). The highest BCUT2D eigenvalue weighted by Gasteiger charge is 2.58. The lowest BCUT2D eigenvalue weighted by atomic mass is 9.84. The molecule has 2 saturated heterocycles. The summed E-state index contributed by atoms with van der Waals surface area (Å²) < 4.78 is 41.7. The maximum atomic E-state index is 13.4. The molecule has 2 aromatic rings. The van der Waals surface area contributed by atoms with Gasteiger partial charge in [-0.25, -0.2) is 9.78 Å². The number of nitrogen functional groups attached to an aromatic ring is 1. The van der Waals surface area contributed by atoms with Gasteiger partial charge in [-0.1, -0.05) is 5.16 Å². The number of carboxylic acids is 1. The number of aromatic nitrogens is 1. The highest BCUT2D eigenvalue weighted by molar-refractivity contribution is 7.80. The molecule has 2 fully saturated rings. The number of hydrogen-bond acceptors (Lipinski definition) is 14. The molecule has 1 aromatic carbocycles. The van der Waals surface area contributed by atoms with Crippen molar-refractivity contribution in [2.24, 2.45) is 5.16 Å². The van der Waals surface area contributed by atoms with Gasteiger partial charge < -0.3 is 36.4 Å². The van der Waals surface area contributed by atoms with Crippen molar-refractivity contribution in [1.82, 2.24) is 26.0 Å². The lowest BCUT2D eigenvalue weighted by Gasteiger charge is -2.50. The van der Waals surface area contributed by atoms with Crippen molar-refractivity contribution in [3.05, 3.63) is 40.4 Å². The summed E-state index contributed by atoms with van der Waals surface area (Å²) in [5, 5.41) is 33.4. The highest BCUT2D eigenvalue weighted by atomic mass is 32.3. The maximum absolute atomic E-state index is 13.4. The second-order valence-electron chi connectivity index (χ2n) is 12.6. The van der Waals surface area contributed by atoms with Gasteiger partial charge in [-0.15, -0.1) is 15.6 Å². The molecule has 0 unspecified atom stereocenters. The van der Waals surface area contributed by atoms with E-state index >= 15 is 0 Å². The number of aryl methyl sites for hydroxylation is 1. The molecule has 49 heavy (non-hydrogen) atoms. The molecular weight excluding hydrogens is 684 g/mol. The van der Waals surface area contributed by atoms with Crippen LogP contribution in [-0.2, 0) is 40.3 Å². The number of thiazole rings is 1. The summed E-state index contributed by atoms with van der Waals surface area (Å²) in [7, 11) is -5.03. The molecule has 20 heteroatoms. The van der Waals surface area contributed by atoms with E-state index < -0.39 is 57.2 Å². The van der Waals surface area contributed by atoms with E-state index in [-0.39, 0.29) is 23.1 Å². The SMILES string of the molecule is CC1(C)[C@H](NC(=O)/C(=N\O[C@](C)(C(=O)O)[C@H]2CCc3cc(C(=N)NCC[C@@H]4CCCN4)ccc3O2)c2csc(N)n2)C(=O)N1OS(=O)(=O)O. The van der Waals surface area contributed by atoms with Crippen LogP contribution in [0.15, 0.2) is 28.7 Å². The van der Waals surface area contributed by atoms with E-state index in [1.807, 2.05) is 6.07 Å². The number of β-lactam (4-membered cyclic amide) rings is 1. The van der Waals surface area contributed by atoms with Gasteiger partial charge in [0.2, 0.25) is 0 Å². The molecule has 266 valence electrons. The standard InChI is InChI=1S/C29H38N8O10S2/c1-28(2)22(25(39)37(28)47-49(42,43)44)35-24(38)21(18-14-48-27(31)34-18)36-46-29(3,26(40)41)20-9-7-15-13-16(6-8-19(15)45-20)23(30)33-12-10-17-5-4-11-32-17/h6,8,13-14,17,20,22,32H,4-5,7,9-12H2,1-3H3,(H2,30,33)(H2,31,34)(H,35,38)(H,40,41)(H,42,43,44)/b36-21-/t17-,20+,22+,29-/m0/s1. The van der Waals surface area contributed by atoms with Crippen LogP contribution in [0.5, 0.6) is 5.75 Å². The number of oxime groups is 1. The van der Waals surface area contributed by atoms with E-state index in [9.17, 15) is 27.9 Å². The number of ether oxygens (including phenoxy) is 1. The molecule has 1 aromatic heterocycles. The third-order valence-corrected chi connectivity index (χ3v) is 9.73. The first-order valence-electron chi connectivity index (χ1n) is 15.4. The number of carbonyl (C=O) groups is 3. The smallest absolute Gasteiger partial charge is 0.418 e. The monoisotopic (exact) mass is 722 g/mol. The number of hydrogen-bond donors (Lipinski definition) is 7. The number of fused-ring (bicyclic) bond motifs is 1. The molecule has 8 N–H and O–H groups in total. The Morgan fingerprint density at radius 1 is 1.35 bits per heavy atom. The molecule has 0 aliphatic carbocycles. The summed E-state index contributed by atoms with van der Waals surface area (Å²) in [5.74, 6) is -2.76. The van der Waals surface area contributed by atoms with E-state index in [0.29, 0.717) is 35.4 Å². The molecule has 0 spiro atoms. The first kappa shape index (κ1) is 35.9. The van der Waals surface area contributed by atoms with Crippen LogP contribution >= 0.6 is 11.3 Å². The predicted octanol–water partition coefficient (Wildman–Crippen LogP) is 0.580. The van der Waals surface area contributed by atoms with Crippen molar-refractivity contribution in [3.63, 3.8) is 0 Å². The van der Waals surface area contributed by atoms with Gasteiger partial charge in [0.05, 0.1) is 5.54 Å². The molecule has 3 aliphatic heterocycles. The fourth-order valence-electron chi connectivity index (χ4n) is 5.80. The van der Waals surface area contributed by atoms with E-state index in [1.165, 1.54) is 26.2 Å². The minimum Gasteiger partial charge on any atom is -0.485 e. The van der Waals surface area contributed by atoms with Gasteiger partial charge in [-0.05, 0) is 83.2 Å². The highest BCUT2D eigenvalue weighted by Crippen LogP contribution is 2.35. The number of aliphatic carboxylic acids is 1. The number of nitrogens with two attached hydrogens (primary N) is 1. The van der Waals surface area contributed by atoms with Crippen LogP contribution in [0.1, 0.15) is 63.3 Å². The number of amidine groups is 1. The molecule has 2 amide bonds. The third-order valence-electron chi connectivity index (χ3n) is 8.72. The first-order chi connectivity index (χ1) is 23.0. The fourth-order valence-corrected chi connectivity index (χ4v) is 6.81. The quantitative estimate of drug-likeness (QED) is 0.0490.